The van der Waals surface area contributed by atoms with Crippen LogP contribution in [0.15, 0.2) is 36.4 Å². The maximum absolute atomic E-state index is 10.6. The molecule has 0 radical (unpaired) electrons. The summed E-state index contributed by atoms with van der Waals surface area (Å²) in [7, 11) is 0. The van der Waals surface area contributed by atoms with Crippen LogP contribution in [0, 0.1) is 11.8 Å². The van der Waals surface area contributed by atoms with E-state index in [0.717, 1.165) is 44.1 Å². The highest BCUT2D eigenvalue weighted by molar-refractivity contribution is 6.21. The molecule has 0 saturated heterocycles. The van der Waals surface area contributed by atoms with E-state index in [2.05, 4.69) is 50.3 Å². The number of hydrogen-bond donors (Lipinski definition) is 2. The zero-order valence-electron chi connectivity index (χ0n) is 17.9. The van der Waals surface area contributed by atoms with Crippen LogP contribution in [0.25, 0.3) is 0 Å². The van der Waals surface area contributed by atoms with Gasteiger partial charge in [-0.15, -0.1) is 11.6 Å². The summed E-state index contributed by atoms with van der Waals surface area (Å²) in [6.45, 7) is 4.46. The van der Waals surface area contributed by atoms with Crippen molar-refractivity contribution < 1.29 is 15.0 Å². The molecule has 1 aliphatic carbocycles. The Morgan fingerprint density at radius 2 is 1.93 bits per heavy atom. The van der Waals surface area contributed by atoms with E-state index in [-0.39, 0.29) is 17.9 Å². The Balaban J connectivity index is 1.96. The molecule has 2 rings (SSSR count). The number of aliphatic hydroxyl groups is 1. The van der Waals surface area contributed by atoms with Crippen molar-refractivity contribution in [3.05, 3.63) is 47.5 Å². The fourth-order valence-electron chi connectivity index (χ4n) is 4.63. The SMILES string of the molecule is CCCCCC(O)c1ccc(C2[C@@H](C/C=C\CCCC(=O)O)C(Cl)C[C@H]2C)cc1. The Bertz CT molecular complexity index is 640. The number of hydrogen-bond acceptors (Lipinski definition) is 2. The molecule has 3 unspecified atom stereocenters. The van der Waals surface area contributed by atoms with Gasteiger partial charge in [-0.3, -0.25) is 4.79 Å². The smallest absolute Gasteiger partial charge is 0.303 e. The molecule has 1 aromatic carbocycles. The number of carboxylic acid groups (broad SMARTS) is 1. The van der Waals surface area contributed by atoms with Gasteiger partial charge >= 0.3 is 5.97 Å². The molecule has 0 heterocycles. The van der Waals surface area contributed by atoms with Crippen LogP contribution in [-0.2, 0) is 4.79 Å². The van der Waals surface area contributed by atoms with Crippen molar-refractivity contribution in [2.45, 2.75) is 89.0 Å². The molecule has 1 saturated carbocycles. The molecule has 5 atom stereocenters. The second kappa shape index (κ2) is 12.4. The van der Waals surface area contributed by atoms with Gasteiger partial charge < -0.3 is 10.2 Å². The molecule has 0 aromatic heterocycles. The molecular formula is C25H37ClO3. The highest BCUT2D eigenvalue weighted by Crippen LogP contribution is 2.48. The molecule has 4 heteroatoms. The second-order valence-electron chi connectivity index (χ2n) is 8.59. The molecule has 1 aromatic rings. The fourth-order valence-corrected chi connectivity index (χ4v) is 5.17. The van der Waals surface area contributed by atoms with Gasteiger partial charge in [-0.1, -0.05) is 69.5 Å². The lowest BCUT2D eigenvalue weighted by Gasteiger charge is -2.24. The van der Waals surface area contributed by atoms with E-state index in [1.165, 1.54) is 12.0 Å². The van der Waals surface area contributed by atoms with Crippen molar-refractivity contribution in [2.24, 2.45) is 11.8 Å². The number of benzene rings is 1. The van der Waals surface area contributed by atoms with Gasteiger partial charge in [0.1, 0.15) is 0 Å². The van der Waals surface area contributed by atoms with Crippen LogP contribution in [0.3, 0.4) is 0 Å². The summed E-state index contributed by atoms with van der Waals surface area (Å²) in [4.78, 5) is 10.6. The molecular weight excluding hydrogens is 384 g/mol. The van der Waals surface area contributed by atoms with Crippen molar-refractivity contribution in [2.75, 3.05) is 0 Å². The average molecular weight is 421 g/mol. The molecule has 1 fully saturated rings. The molecule has 0 bridgehead atoms. The Morgan fingerprint density at radius 3 is 2.59 bits per heavy atom. The van der Waals surface area contributed by atoms with Gasteiger partial charge in [-0.05, 0) is 61.0 Å². The monoisotopic (exact) mass is 420 g/mol. The molecule has 0 spiro atoms. The maximum Gasteiger partial charge on any atom is 0.303 e. The molecule has 1 aliphatic rings. The van der Waals surface area contributed by atoms with E-state index >= 15 is 0 Å². The van der Waals surface area contributed by atoms with E-state index < -0.39 is 5.97 Å². The van der Waals surface area contributed by atoms with Crippen LogP contribution in [0.2, 0.25) is 0 Å². The summed E-state index contributed by atoms with van der Waals surface area (Å²) in [5, 5.41) is 19.3. The Hall–Kier alpha value is -1.32. The van der Waals surface area contributed by atoms with Crippen LogP contribution < -0.4 is 0 Å². The Morgan fingerprint density at radius 1 is 1.21 bits per heavy atom. The van der Waals surface area contributed by atoms with Crippen LogP contribution in [0.5, 0.6) is 0 Å². The highest BCUT2D eigenvalue weighted by Gasteiger charge is 2.40. The van der Waals surface area contributed by atoms with E-state index in [9.17, 15) is 9.90 Å². The zero-order valence-corrected chi connectivity index (χ0v) is 18.7. The van der Waals surface area contributed by atoms with Crippen LogP contribution in [0.4, 0.5) is 0 Å². The number of rotatable bonds is 12. The number of aliphatic carboxylic acids is 1. The Labute approximate surface area is 181 Å². The molecule has 162 valence electrons. The number of carboxylic acids is 1. The third kappa shape index (κ3) is 7.46. The third-order valence-electron chi connectivity index (χ3n) is 6.26. The first-order valence-electron chi connectivity index (χ1n) is 11.2. The number of carbonyl (C=O) groups is 1. The van der Waals surface area contributed by atoms with E-state index in [0.29, 0.717) is 24.2 Å². The van der Waals surface area contributed by atoms with Gasteiger partial charge in [0.25, 0.3) is 0 Å². The lowest BCUT2D eigenvalue weighted by atomic mass is 9.82. The second-order valence-corrected chi connectivity index (χ2v) is 9.15. The predicted octanol–water partition coefficient (Wildman–Crippen LogP) is 6.85. The summed E-state index contributed by atoms with van der Waals surface area (Å²) in [6.07, 6.45) is 11.8. The molecule has 0 aliphatic heterocycles. The minimum absolute atomic E-state index is 0.165. The van der Waals surface area contributed by atoms with Crippen molar-refractivity contribution in [1.29, 1.82) is 0 Å². The van der Waals surface area contributed by atoms with Gasteiger partial charge in [0.2, 0.25) is 0 Å². The van der Waals surface area contributed by atoms with E-state index in [1.54, 1.807) is 0 Å². The normalized spacial score (nSPS) is 25.5. The first kappa shape index (κ1) is 24.0. The van der Waals surface area contributed by atoms with Gasteiger partial charge in [0.05, 0.1) is 6.10 Å². The number of unbranched alkanes of at least 4 members (excludes halogenated alkanes) is 3. The summed E-state index contributed by atoms with van der Waals surface area (Å²) < 4.78 is 0. The van der Waals surface area contributed by atoms with Gasteiger partial charge in [0.15, 0.2) is 0 Å². The number of aliphatic hydroxyl groups excluding tert-OH is 1. The molecule has 29 heavy (non-hydrogen) atoms. The molecule has 3 nitrogen and oxygen atoms in total. The third-order valence-corrected chi connectivity index (χ3v) is 6.76. The quantitative estimate of drug-likeness (QED) is 0.221. The van der Waals surface area contributed by atoms with E-state index in [4.69, 9.17) is 16.7 Å². The first-order chi connectivity index (χ1) is 13.9. The topological polar surface area (TPSA) is 57.5 Å². The Kier molecular flexibility index (Phi) is 10.2. The van der Waals surface area contributed by atoms with Crippen molar-refractivity contribution in [3.8, 4) is 0 Å². The summed E-state index contributed by atoms with van der Waals surface area (Å²) in [5.41, 5.74) is 2.32. The van der Waals surface area contributed by atoms with Gasteiger partial charge in [-0.2, -0.15) is 0 Å². The number of alkyl halides is 1. The largest absolute Gasteiger partial charge is 0.481 e. The van der Waals surface area contributed by atoms with Crippen molar-refractivity contribution in [3.63, 3.8) is 0 Å². The minimum atomic E-state index is -0.733. The van der Waals surface area contributed by atoms with Crippen molar-refractivity contribution in [1.82, 2.24) is 0 Å². The van der Waals surface area contributed by atoms with Gasteiger partial charge in [-0.25, -0.2) is 0 Å². The van der Waals surface area contributed by atoms with Crippen molar-refractivity contribution >= 4 is 17.6 Å². The standard InChI is InChI=1S/C25H37ClO3/c1-3-4-7-11-23(27)19-13-15-20(16-14-19)25-18(2)17-22(26)21(25)10-8-5-6-9-12-24(28)29/h5,8,13-16,18,21-23,25,27H,3-4,6-7,9-12,17H2,1-2H3,(H,28,29)/b8-5-/t18-,21+,22?,23?,25?/m1/s1. The lowest BCUT2D eigenvalue weighted by molar-refractivity contribution is -0.137. The minimum Gasteiger partial charge on any atom is -0.481 e. The first-order valence-corrected chi connectivity index (χ1v) is 11.7. The van der Waals surface area contributed by atoms with E-state index in [1.807, 2.05) is 0 Å². The van der Waals surface area contributed by atoms with Crippen LogP contribution in [0.1, 0.15) is 94.8 Å². The zero-order chi connectivity index (χ0) is 21.2. The van der Waals surface area contributed by atoms with Crippen LogP contribution >= 0.6 is 11.6 Å². The highest BCUT2D eigenvalue weighted by atomic mass is 35.5. The number of halogens is 1. The lowest BCUT2D eigenvalue weighted by Crippen LogP contribution is -2.15. The summed E-state index contributed by atoms with van der Waals surface area (Å²) in [6, 6.07) is 8.52. The molecule has 0 amide bonds. The fraction of sp³-hybridized carbons (Fsp3) is 0.640. The van der Waals surface area contributed by atoms with Crippen LogP contribution in [-0.4, -0.2) is 21.6 Å². The number of allylic oxidation sites excluding steroid dienone is 2. The van der Waals surface area contributed by atoms with Gasteiger partial charge in [0, 0.05) is 11.8 Å². The summed E-state index contributed by atoms with van der Waals surface area (Å²) >= 11 is 6.70. The summed E-state index contributed by atoms with van der Waals surface area (Å²) in [5.74, 6) is 0.612. The maximum atomic E-state index is 10.6. The average Bonchev–Trinajstić information content (AvgIpc) is 2.97. The molecule has 2 N–H and O–H groups in total. The predicted molar refractivity (Wildman–Crippen MR) is 120 cm³/mol.